The first-order chi connectivity index (χ1) is 7.64. The molecule has 94 valence electrons. The standard InChI is InChI=1S/C13H24O3/c1-4-7-8-9-13(6-3,10-14)11-16-12(15)5-2/h10H,4-9,11H2,1-3H3. The summed E-state index contributed by atoms with van der Waals surface area (Å²) >= 11 is 0. The fourth-order valence-electron chi connectivity index (χ4n) is 1.58. The summed E-state index contributed by atoms with van der Waals surface area (Å²) in [6.45, 7) is 6.10. The molecule has 0 aromatic rings. The van der Waals surface area contributed by atoms with Crippen LogP contribution in [0.25, 0.3) is 0 Å². The monoisotopic (exact) mass is 228 g/mol. The van der Waals surface area contributed by atoms with Gasteiger partial charge in [0.1, 0.15) is 12.9 Å². The van der Waals surface area contributed by atoms with Crippen LogP contribution in [-0.4, -0.2) is 18.9 Å². The van der Waals surface area contributed by atoms with E-state index in [1.54, 1.807) is 6.92 Å². The van der Waals surface area contributed by atoms with E-state index in [1.165, 1.54) is 0 Å². The van der Waals surface area contributed by atoms with Crippen LogP contribution in [0.4, 0.5) is 0 Å². The molecule has 0 aliphatic rings. The largest absolute Gasteiger partial charge is 0.465 e. The van der Waals surface area contributed by atoms with Gasteiger partial charge in [0, 0.05) is 6.42 Å². The first kappa shape index (κ1) is 15.1. The molecule has 1 unspecified atom stereocenters. The Morgan fingerprint density at radius 3 is 2.38 bits per heavy atom. The lowest BCUT2D eigenvalue weighted by atomic mass is 9.82. The molecule has 0 aliphatic heterocycles. The molecule has 1 atom stereocenters. The number of unbranched alkanes of at least 4 members (excludes halogenated alkanes) is 2. The lowest BCUT2D eigenvalue weighted by Crippen LogP contribution is -2.29. The number of hydrogen-bond donors (Lipinski definition) is 0. The molecule has 0 rings (SSSR count). The summed E-state index contributed by atoms with van der Waals surface area (Å²) in [6.07, 6.45) is 6.16. The molecule has 0 saturated carbocycles. The molecule has 0 spiro atoms. The van der Waals surface area contributed by atoms with Crippen LogP contribution in [-0.2, 0) is 14.3 Å². The number of carbonyl (C=O) groups is 2. The van der Waals surface area contributed by atoms with Crippen molar-refractivity contribution in [2.75, 3.05) is 6.61 Å². The van der Waals surface area contributed by atoms with Crippen LogP contribution >= 0.6 is 0 Å². The lowest BCUT2D eigenvalue weighted by molar-refractivity contribution is -0.148. The van der Waals surface area contributed by atoms with Gasteiger partial charge in [-0.05, 0) is 12.8 Å². The van der Waals surface area contributed by atoms with Crippen molar-refractivity contribution in [3.8, 4) is 0 Å². The highest BCUT2D eigenvalue weighted by Gasteiger charge is 2.28. The van der Waals surface area contributed by atoms with E-state index in [0.29, 0.717) is 6.42 Å². The van der Waals surface area contributed by atoms with E-state index in [1.807, 2.05) is 6.92 Å². The molecular weight excluding hydrogens is 204 g/mol. The van der Waals surface area contributed by atoms with E-state index in [0.717, 1.165) is 38.4 Å². The van der Waals surface area contributed by atoms with Gasteiger partial charge >= 0.3 is 5.97 Å². The Kier molecular flexibility index (Phi) is 7.86. The molecule has 0 radical (unpaired) electrons. The van der Waals surface area contributed by atoms with Crippen molar-refractivity contribution < 1.29 is 14.3 Å². The Bertz CT molecular complexity index is 213. The molecule has 0 fully saturated rings. The number of carbonyl (C=O) groups excluding carboxylic acids is 2. The third-order valence-corrected chi connectivity index (χ3v) is 3.04. The van der Waals surface area contributed by atoms with Crippen molar-refractivity contribution in [1.29, 1.82) is 0 Å². The number of rotatable bonds is 9. The second-order valence-corrected chi connectivity index (χ2v) is 4.31. The first-order valence-corrected chi connectivity index (χ1v) is 6.26. The molecule has 0 heterocycles. The number of ether oxygens (including phenoxy) is 1. The van der Waals surface area contributed by atoms with Gasteiger partial charge in [0.2, 0.25) is 0 Å². The van der Waals surface area contributed by atoms with E-state index >= 15 is 0 Å². The minimum absolute atomic E-state index is 0.227. The smallest absolute Gasteiger partial charge is 0.305 e. The second-order valence-electron chi connectivity index (χ2n) is 4.31. The Hall–Kier alpha value is -0.860. The molecule has 0 aliphatic carbocycles. The van der Waals surface area contributed by atoms with E-state index < -0.39 is 5.41 Å². The third-order valence-electron chi connectivity index (χ3n) is 3.04. The Morgan fingerprint density at radius 2 is 1.94 bits per heavy atom. The first-order valence-electron chi connectivity index (χ1n) is 6.26. The Labute approximate surface area is 98.6 Å². The minimum atomic E-state index is -0.458. The van der Waals surface area contributed by atoms with Crippen molar-refractivity contribution in [2.45, 2.75) is 59.3 Å². The van der Waals surface area contributed by atoms with Crippen molar-refractivity contribution in [2.24, 2.45) is 5.41 Å². The van der Waals surface area contributed by atoms with Crippen molar-refractivity contribution in [3.63, 3.8) is 0 Å². The van der Waals surface area contributed by atoms with E-state index in [4.69, 9.17) is 4.74 Å². The quantitative estimate of drug-likeness (QED) is 0.346. The van der Waals surface area contributed by atoms with Crippen LogP contribution in [0.5, 0.6) is 0 Å². The SMILES string of the molecule is CCCCCC(C=O)(CC)COC(=O)CC. The summed E-state index contributed by atoms with van der Waals surface area (Å²) in [7, 11) is 0. The van der Waals surface area contributed by atoms with Crippen LogP contribution in [0.3, 0.4) is 0 Å². The van der Waals surface area contributed by atoms with Crippen LogP contribution in [0.1, 0.15) is 59.3 Å². The molecule has 3 heteroatoms. The van der Waals surface area contributed by atoms with Gasteiger partial charge in [-0.15, -0.1) is 0 Å². The molecule has 0 amide bonds. The highest BCUT2D eigenvalue weighted by molar-refractivity contribution is 5.69. The lowest BCUT2D eigenvalue weighted by Gasteiger charge is -2.25. The molecule has 0 aromatic carbocycles. The van der Waals surface area contributed by atoms with Gasteiger partial charge in [-0.2, -0.15) is 0 Å². The van der Waals surface area contributed by atoms with E-state index in [9.17, 15) is 9.59 Å². The predicted molar refractivity (Wildman–Crippen MR) is 64.2 cm³/mol. The topological polar surface area (TPSA) is 43.4 Å². The Morgan fingerprint density at radius 1 is 1.25 bits per heavy atom. The molecule has 0 bridgehead atoms. The number of aldehydes is 1. The fourth-order valence-corrected chi connectivity index (χ4v) is 1.58. The molecule has 0 saturated heterocycles. The van der Waals surface area contributed by atoms with Gasteiger partial charge < -0.3 is 9.53 Å². The summed E-state index contributed by atoms with van der Waals surface area (Å²) in [5.74, 6) is -0.227. The maximum absolute atomic E-state index is 11.2. The third kappa shape index (κ3) is 5.29. The van der Waals surface area contributed by atoms with E-state index in [-0.39, 0.29) is 12.6 Å². The zero-order valence-corrected chi connectivity index (χ0v) is 10.8. The number of hydrogen-bond acceptors (Lipinski definition) is 3. The van der Waals surface area contributed by atoms with Gasteiger partial charge in [0.25, 0.3) is 0 Å². The van der Waals surface area contributed by atoms with E-state index in [2.05, 4.69) is 6.92 Å². The highest BCUT2D eigenvalue weighted by Crippen LogP contribution is 2.27. The normalized spacial score (nSPS) is 14.2. The average Bonchev–Trinajstić information content (AvgIpc) is 2.33. The zero-order valence-electron chi connectivity index (χ0n) is 10.8. The van der Waals surface area contributed by atoms with Crippen LogP contribution in [0.2, 0.25) is 0 Å². The van der Waals surface area contributed by atoms with Gasteiger partial charge in [0.05, 0.1) is 5.41 Å². The minimum Gasteiger partial charge on any atom is -0.465 e. The van der Waals surface area contributed by atoms with Gasteiger partial charge in [-0.1, -0.05) is 40.0 Å². The maximum Gasteiger partial charge on any atom is 0.305 e. The van der Waals surface area contributed by atoms with Crippen LogP contribution in [0, 0.1) is 5.41 Å². The number of esters is 1. The van der Waals surface area contributed by atoms with Gasteiger partial charge in [-0.3, -0.25) is 4.79 Å². The fraction of sp³-hybridized carbons (Fsp3) is 0.846. The van der Waals surface area contributed by atoms with Crippen molar-refractivity contribution in [3.05, 3.63) is 0 Å². The van der Waals surface area contributed by atoms with Gasteiger partial charge in [-0.25, -0.2) is 0 Å². The second kappa shape index (κ2) is 8.31. The van der Waals surface area contributed by atoms with Crippen LogP contribution in [0.15, 0.2) is 0 Å². The molecule has 0 aromatic heterocycles. The molecule has 0 N–H and O–H groups in total. The molecular formula is C13H24O3. The maximum atomic E-state index is 11.2. The summed E-state index contributed by atoms with van der Waals surface area (Å²) in [4.78, 5) is 22.2. The summed E-state index contributed by atoms with van der Waals surface area (Å²) in [5.41, 5.74) is -0.458. The van der Waals surface area contributed by atoms with Crippen molar-refractivity contribution in [1.82, 2.24) is 0 Å². The summed E-state index contributed by atoms with van der Waals surface area (Å²) in [6, 6.07) is 0. The van der Waals surface area contributed by atoms with Gasteiger partial charge in [0.15, 0.2) is 0 Å². The molecule has 3 nitrogen and oxygen atoms in total. The Balaban J connectivity index is 4.20. The highest BCUT2D eigenvalue weighted by atomic mass is 16.5. The van der Waals surface area contributed by atoms with Crippen molar-refractivity contribution >= 4 is 12.3 Å². The molecule has 16 heavy (non-hydrogen) atoms. The zero-order chi connectivity index (χ0) is 12.4. The average molecular weight is 228 g/mol. The van der Waals surface area contributed by atoms with Crippen LogP contribution < -0.4 is 0 Å². The summed E-state index contributed by atoms with van der Waals surface area (Å²) in [5, 5.41) is 0. The summed E-state index contributed by atoms with van der Waals surface area (Å²) < 4.78 is 5.10. The predicted octanol–water partition coefficient (Wildman–Crippen LogP) is 3.12.